The Morgan fingerprint density at radius 3 is 2.71 bits per heavy atom. The Kier molecular flexibility index (Phi) is 9.25. The van der Waals surface area contributed by atoms with Crippen LogP contribution in [0.1, 0.15) is 30.7 Å². The molecular formula is C32H30FN9O7S2. The van der Waals surface area contributed by atoms with Gasteiger partial charge in [-0.3, -0.25) is 19.9 Å². The minimum atomic E-state index is -1.80. The van der Waals surface area contributed by atoms with Crippen LogP contribution in [0.15, 0.2) is 70.7 Å². The average Bonchev–Trinajstić information content (AvgIpc) is 3.69. The molecule has 0 unspecified atom stereocenters. The molecule has 1 aromatic carbocycles. The second kappa shape index (κ2) is 13.5. The Hall–Kier alpha value is -5.82. The maximum Gasteiger partial charge on any atom is 0.350 e. The number of carboxylic acids is 2. The number of carbonyl (C=O) groups is 4. The van der Waals surface area contributed by atoms with Gasteiger partial charge in [-0.25, -0.2) is 18.7 Å². The maximum atomic E-state index is 14.7. The Morgan fingerprint density at radius 1 is 1.29 bits per heavy atom. The van der Waals surface area contributed by atoms with Gasteiger partial charge < -0.3 is 41.2 Å². The fourth-order valence-electron chi connectivity index (χ4n) is 5.48. The summed E-state index contributed by atoms with van der Waals surface area (Å²) in [7, 11) is 0. The number of amidine groups is 1. The summed E-state index contributed by atoms with van der Waals surface area (Å²) in [6, 6.07) is 6.89. The molecular weight excluding hydrogens is 706 g/mol. The Morgan fingerprint density at radius 2 is 2.06 bits per heavy atom. The number of aromatic nitrogens is 3. The van der Waals surface area contributed by atoms with Crippen molar-refractivity contribution in [1.29, 1.82) is 5.41 Å². The van der Waals surface area contributed by atoms with Crippen molar-refractivity contribution in [2.45, 2.75) is 44.0 Å². The number of β-lactam (4-membered cyclic amide) rings is 1. The number of benzene rings is 1. The number of hydrogen-bond acceptors (Lipinski definition) is 12. The summed E-state index contributed by atoms with van der Waals surface area (Å²) in [5.74, 6) is -5.01. The number of thiazole rings is 1. The van der Waals surface area contributed by atoms with Gasteiger partial charge in [-0.1, -0.05) is 17.3 Å². The smallest absolute Gasteiger partial charge is 0.350 e. The van der Waals surface area contributed by atoms with Gasteiger partial charge in [0.1, 0.15) is 28.8 Å². The second-order valence-electron chi connectivity index (χ2n) is 12.1. The Bertz CT molecular complexity index is 2200. The first-order chi connectivity index (χ1) is 24.1. The van der Waals surface area contributed by atoms with Crippen LogP contribution in [0, 0.1) is 11.2 Å². The van der Waals surface area contributed by atoms with E-state index < -0.39 is 52.3 Å². The zero-order chi connectivity index (χ0) is 36.8. The van der Waals surface area contributed by atoms with Crippen molar-refractivity contribution >= 4 is 74.4 Å². The number of nitrogens with zero attached hydrogens (tertiary/aromatic N) is 5. The molecule has 3 aromatic heterocycles. The van der Waals surface area contributed by atoms with Crippen LogP contribution in [-0.4, -0.2) is 77.6 Å². The number of fused-ring (bicyclic) bond motifs is 2. The number of amides is 2. The molecule has 7 N–H and O–H groups in total. The van der Waals surface area contributed by atoms with E-state index in [4.69, 9.17) is 21.7 Å². The first-order valence-corrected chi connectivity index (χ1v) is 17.1. The van der Waals surface area contributed by atoms with Gasteiger partial charge in [0.15, 0.2) is 29.8 Å². The highest BCUT2D eigenvalue weighted by atomic mass is 32.2. The molecule has 6 rings (SSSR count). The van der Waals surface area contributed by atoms with Crippen molar-refractivity contribution in [2.24, 2.45) is 10.9 Å². The van der Waals surface area contributed by atoms with E-state index in [2.05, 4.69) is 15.5 Å². The first-order valence-electron chi connectivity index (χ1n) is 15.1. The quantitative estimate of drug-likeness (QED) is 0.0430. The van der Waals surface area contributed by atoms with E-state index in [0.717, 1.165) is 27.1 Å². The molecule has 0 radical (unpaired) electrons. The van der Waals surface area contributed by atoms with Gasteiger partial charge in [0, 0.05) is 40.1 Å². The van der Waals surface area contributed by atoms with Crippen LogP contribution in [0.25, 0.3) is 10.9 Å². The molecule has 4 aromatic rings. The largest absolute Gasteiger partial charge is 0.543 e. The number of nitrogens with one attached hydrogen (secondary N) is 2. The molecule has 0 spiro atoms. The molecule has 19 heteroatoms. The lowest BCUT2D eigenvalue weighted by Gasteiger charge is -2.50. The summed E-state index contributed by atoms with van der Waals surface area (Å²) in [6.07, 6.45) is 5.34. The highest BCUT2D eigenvalue weighted by molar-refractivity contribution is 8.00. The normalized spacial score (nSPS) is 17.6. The van der Waals surface area contributed by atoms with Crippen LogP contribution >= 0.6 is 23.1 Å². The van der Waals surface area contributed by atoms with Gasteiger partial charge in [0.25, 0.3) is 11.8 Å². The number of halogens is 1. The van der Waals surface area contributed by atoms with Crippen LogP contribution in [-0.2, 0) is 37.1 Å². The molecule has 1 fully saturated rings. The van der Waals surface area contributed by atoms with Gasteiger partial charge in [0.05, 0.1) is 29.1 Å². The summed E-state index contributed by atoms with van der Waals surface area (Å²) in [4.78, 5) is 60.8. The third-order valence-corrected chi connectivity index (χ3v) is 10.2. The predicted octanol–water partition coefficient (Wildman–Crippen LogP) is 0.127. The van der Waals surface area contributed by atoms with E-state index in [1.807, 2.05) is 16.7 Å². The fraction of sp³-hybridized carbons (Fsp3) is 0.250. The zero-order valence-corrected chi connectivity index (χ0v) is 28.6. The third-order valence-electron chi connectivity index (χ3n) is 8.23. The van der Waals surface area contributed by atoms with Crippen molar-refractivity contribution in [3.63, 3.8) is 0 Å². The average molecular weight is 736 g/mol. The lowest BCUT2D eigenvalue weighted by atomic mass is 10.0. The molecule has 2 aliphatic heterocycles. The summed E-state index contributed by atoms with van der Waals surface area (Å²) >= 11 is 2.25. The van der Waals surface area contributed by atoms with Gasteiger partial charge >= 0.3 is 5.97 Å². The number of carbonyl (C=O) groups excluding carboxylic acids is 3. The van der Waals surface area contributed by atoms with E-state index in [-0.39, 0.29) is 46.8 Å². The SMILES string of the molecule is CC(C)(O/N=C(\C(=O)N[C@@H]1C(=O)N2C(C(=O)[O-])=C(C[n+]3ccc4c(ccn4Cc4ccc(C(=N)N)cc4F)c3)CS[C@H]12)c1csc(N)n1)C(=O)O. The summed E-state index contributed by atoms with van der Waals surface area (Å²) in [6.45, 7) is 2.80. The molecule has 5 heterocycles. The fourth-order valence-corrected chi connectivity index (χ4v) is 7.36. The van der Waals surface area contributed by atoms with Crippen LogP contribution in [0.5, 0.6) is 0 Å². The minimum Gasteiger partial charge on any atom is -0.543 e. The van der Waals surface area contributed by atoms with E-state index in [1.165, 1.54) is 37.1 Å². The van der Waals surface area contributed by atoms with Crippen molar-refractivity contribution in [1.82, 2.24) is 19.8 Å². The van der Waals surface area contributed by atoms with Crippen molar-refractivity contribution in [2.75, 3.05) is 11.5 Å². The first kappa shape index (κ1) is 35.0. The van der Waals surface area contributed by atoms with Crippen LogP contribution in [0.4, 0.5) is 9.52 Å². The van der Waals surface area contributed by atoms with Crippen LogP contribution < -0.4 is 26.5 Å². The molecule has 51 heavy (non-hydrogen) atoms. The van der Waals surface area contributed by atoms with E-state index >= 15 is 0 Å². The van der Waals surface area contributed by atoms with Crippen molar-refractivity contribution in [3.05, 3.63) is 88.2 Å². The Labute approximate surface area is 296 Å². The molecule has 2 aliphatic rings. The van der Waals surface area contributed by atoms with E-state index in [1.54, 1.807) is 35.3 Å². The van der Waals surface area contributed by atoms with Gasteiger partial charge in [-0.15, -0.1) is 23.1 Å². The molecule has 0 aliphatic carbocycles. The topological polar surface area (TPSA) is 246 Å². The molecule has 264 valence electrons. The molecule has 16 nitrogen and oxygen atoms in total. The molecule has 0 bridgehead atoms. The number of aliphatic carboxylic acids is 2. The number of nitrogens with two attached hydrogens (primary N) is 2. The zero-order valence-electron chi connectivity index (χ0n) is 27.0. The minimum absolute atomic E-state index is 0.00598. The van der Waals surface area contributed by atoms with E-state index in [9.17, 15) is 33.8 Å². The van der Waals surface area contributed by atoms with Gasteiger partial charge in [0.2, 0.25) is 5.60 Å². The van der Waals surface area contributed by atoms with Gasteiger partial charge in [-0.05, 0) is 26.0 Å². The number of pyridine rings is 1. The Balaban J connectivity index is 1.18. The van der Waals surface area contributed by atoms with Crippen LogP contribution in [0.3, 0.4) is 0 Å². The second-order valence-corrected chi connectivity index (χ2v) is 14.1. The lowest BCUT2D eigenvalue weighted by molar-refractivity contribution is -0.687. The number of rotatable bonds is 12. The number of nitrogen functional groups attached to an aromatic ring is 2. The lowest BCUT2D eigenvalue weighted by Crippen LogP contribution is -2.71. The number of thioether (sulfide) groups is 1. The maximum absolute atomic E-state index is 14.7. The monoisotopic (exact) mass is 735 g/mol. The van der Waals surface area contributed by atoms with Gasteiger partial charge in [-0.2, -0.15) is 0 Å². The number of oxime groups is 1. The molecule has 0 saturated carbocycles. The standard InChI is InChI=1S/C32H30FN9O7S2/c1-32(2,30(47)48)49-39-22(20-14-51-31(36)37-20)26(43)38-23-27(44)42-24(29(45)46)18(13-50-28(23)42)11-40-7-6-21-17(10-40)5-8-41(21)12-16-4-3-15(25(34)35)9-19(16)33/h3-10,14,23,28H,11-13H2,1-2H3,(H7-,34,35,36,37,38,43,45,46,47,48)/b39-22-/t23-,28-/m1/s1. The highest BCUT2D eigenvalue weighted by Crippen LogP contribution is 2.40. The number of hydrogen-bond donors (Lipinski definition) is 5. The molecule has 2 atom stereocenters. The number of anilines is 1. The van der Waals surface area contributed by atoms with Crippen molar-refractivity contribution in [3.8, 4) is 0 Å². The van der Waals surface area contributed by atoms with E-state index in [0.29, 0.717) is 11.1 Å². The molecule has 2 amide bonds. The number of carboxylic acid groups (broad SMARTS) is 2. The van der Waals surface area contributed by atoms with Crippen LogP contribution in [0.2, 0.25) is 0 Å². The predicted molar refractivity (Wildman–Crippen MR) is 182 cm³/mol. The molecule has 1 saturated heterocycles. The summed E-state index contributed by atoms with van der Waals surface area (Å²) in [5, 5.41) is 37.1. The third kappa shape index (κ3) is 6.84. The summed E-state index contributed by atoms with van der Waals surface area (Å²) in [5.41, 5.74) is 10.6. The van der Waals surface area contributed by atoms with Crippen molar-refractivity contribution < 1.29 is 43.2 Å². The summed E-state index contributed by atoms with van der Waals surface area (Å²) < 4.78 is 18.3. The highest BCUT2D eigenvalue weighted by Gasteiger charge is 2.53.